The van der Waals surface area contributed by atoms with Gasteiger partial charge >= 0.3 is 0 Å². The molecule has 0 aliphatic carbocycles. The van der Waals surface area contributed by atoms with Crippen molar-refractivity contribution >= 4 is 5.91 Å². The summed E-state index contributed by atoms with van der Waals surface area (Å²) in [6.45, 7) is 9.40. The lowest BCUT2D eigenvalue weighted by molar-refractivity contribution is 0.0912. The summed E-state index contributed by atoms with van der Waals surface area (Å²) in [4.78, 5) is 15.0. The summed E-state index contributed by atoms with van der Waals surface area (Å²) in [6, 6.07) is 6.58. The number of rotatable bonds is 6. The predicted molar refractivity (Wildman–Crippen MR) is 92.4 cm³/mol. The Hall–Kier alpha value is -1.35. The van der Waals surface area contributed by atoms with Gasteiger partial charge in [0.1, 0.15) is 0 Å². The Morgan fingerprint density at radius 3 is 2.91 bits per heavy atom. The third-order valence-corrected chi connectivity index (χ3v) is 4.68. The van der Waals surface area contributed by atoms with Crippen LogP contribution in [-0.4, -0.2) is 36.5 Å². The molecule has 3 heteroatoms. The maximum Gasteiger partial charge on any atom is 0.251 e. The van der Waals surface area contributed by atoms with Crippen LogP contribution in [0.5, 0.6) is 0 Å². The second kappa shape index (κ2) is 8.33. The number of benzene rings is 1. The normalized spacial score (nSPS) is 19.1. The number of unbranched alkanes of at least 4 members (excludes halogenated alkanes) is 1. The number of carbonyl (C=O) groups excluding carboxylic acids is 1. The van der Waals surface area contributed by atoms with E-state index in [2.05, 4.69) is 23.2 Å². The Kier molecular flexibility index (Phi) is 6.44. The molecular weight excluding hydrogens is 272 g/mol. The maximum absolute atomic E-state index is 12.5. The van der Waals surface area contributed by atoms with Crippen LogP contribution < -0.4 is 5.32 Å². The molecule has 1 aliphatic rings. The van der Waals surface area contributed by atoms with E-state index < -0.39 is 0 Å². The second-order valence-electron chi connectivity index (χ2n) is 6.57. The number of nitrogens with one attached hydrogen (secondary N) is 1. The molecule has 0 bridgehead atoms. The van der Waals surface area contributed by atoms with Crippen molar-refractivity contribution in [2.24, 2.45) is 0 Å². The summed E-state index contributed by atoms with van der Waals surface area (Å²) in [5.41, 5.74) is 3.00. The zero-order valence-corrected chi connectivity index (χ0v) is 14.3. The molecular formula is C19H30N2O. The van der Waals surface area contributed by atoms with E-state index in [9.17, 15) is 4.79 Å². The molecule has 1 aromatic carbocycles. The number of nitrogens with zero attached hydrogens (tertiary/aromatic N) is 1. The van der Waals surface area contributed by atoms with Gasteiger partial charge in [0.2, 0.25) is 0 Å². The van der Waals surface area contributed by atoms with Crippen LogP contribution in [-0.2, 0) is 0 Å². The minimum absolute atomic E-state index is 0.0715. The second-order valence-corrected chi connectivity index (χ2v) is 6.57. The number of piperidine rings is 1. The van der Waals surface area contributed by atoms with E-state index in [1.165, 1.54) is 45.2 Å². The minimum atomic E-state index is 0.0715. The fourth-order valence-corrected chi connectivity index (χ4v) is 3.23. The molecule has 0 spiro atoms. The van der Waals surface area contributed by atoms with Crippen molar-refractivity contribution in [1.29, 1.82) is 0 Å². The molecule has 122 valence electrons. The fourth-order valence-electron chi connectivity index (χ4n) is 3.23. The first-order valence-corrected chi connectivity index (χ1v) is 8.71. The van der Waals surface area contributed by atoms with Crippen molar-refractivity contribution in [3.05, 3.63) is 34.9 Å². The number of hydrogen-bond acceptors (Lipinski definition) is 2. The van der Waals surface area contributed by atoms with Crippen LogP contribution in [0.2, 0.25) is 0 Å². The zero-order chi connectivity index (χ0) is 15.9. The Balaban J connectivity index is 1.92. The molecule has 1 atom stereocenters. The molecule has 1 unspecified atom stereocenters. The monoisotopic (exact) mass is 302 g/mol. The first-order valence-electron chi connectivity index (χ1n) is 8.71. The van der Waals surface area contributed by atoms with Gasteiger partial charge in [-0.15, -0.1) is 0 Å². The van der Waals surface area contributed by atoms with Gasteiger partial charge in [-0.25, -0.2) is 0 Å². The van der Waals surface area contributed by atoms with Crippen LogP contribution in [0.4, 0.5) is 0 Å². The van der Waals surface area contributed by atoms with Crippen LogP contribution in [0.15, 0.2) is 18.2 Å². The van der Waals surface area contributed by atoms with E-state index in [-0.39, 0.29) is 5.91 Å². The van der Waals surface area contributed by atoms with Crippen LogP contribution in [0.3, 0.4) is 0 Å². The molecule has 0 saturated carbocycles. The standard InChI is InChI=1S/C19H30N2O/c1-4-5-11-21-12-7-6-8-17(21)14-20-19(22)18-13-15(2)9-10-16(18)3/h9-10,13,17H,4-8,11-12,14H2,1-3H3,(H,20,22). The number of carbonyl (C=O) groups is 1. The third kappa shape index (κ3) is 4.57. The summed E-state index contributed by atoms with van der Waals surface area (Å²) in [5.74, 6) is 0.0715. The largest absolute Gasteiger partial charge is 0.350 e. The molecule has 2 rings (SSSR count). The Morgan fingerprint density at radius 2 is 2.14 bits per heavy atom. The van der Waals surface area contributed by atoms with Crippen molar-refractivity contribution in [3.8, 4) is 0 Å². The number of likely N-dealkylation sites (tertiary alicyclic amines) is 1. The first-order chi connectivity index (χ1) is 10.6. The quantitative estimate of drug-likeness (QED) is 0.869. The summed E-state index contributed by atoms with van der Waals surface area (Å²) < 4.78 is 0. The van der Waals surface area contributed by atoms with Gasteiger partial charge in [-0.05, 0) is 57.8 Å². The topological polar surface area (TPSA) is 32.3 Å². The lowest BCUT2D eigenvalue weighted by atomic mass is 10.0. The number of aryl methyl sites for hydroxylation is 2. The van der Waals surface area contributed by atoms with E-state index >= 15 is 0 Å². The Morgan fingerprint density at radius 1 is 1.32 bits per heavy atom. The third-order valence-electron chi connectivity index (χ3n) is 4.68. The average Bonchev–Trinajstić information content (AvgIpc) is 2.53. The van der Waals surface area contributed by atoms with Gasteiger partial charge in [0.15, 0.2) is 0 Å². The highest BCUT2D eigenvalue weighted by Gasteiger charge is 2.22. The van der Waals surface area contributed by atoms with Gasteiger partial charge in [-0.1, -0.05) is 37.5 Å². The molecule has 1 N–H and O–H groups in total. The highest BCUT2D eigenvalue weighted by molar-refractivity contribution is 5.95. The molecule has 22 heavy (non-hydrogen) atoms. The van der Waals surface area contributed by atoms with Gasteiger partial charge in [-0.3, -0.25) is 9.69 Å². The van der Waals surface area contributed by atoms with Crippen LogP contribution in [0.1, 0.15) is 60.5 Å². The Bertz CT molecular complexity index is 498. The van der Waals surface area contributed by atoms with E-state index in [0.717, 1.165) is 23.2 Å². The van der Waals surface area contributed by atoms with Gasteiger partial charge in [-0.2, -0.15) is 0 Å². The number of amides is 1. The molecule has 1 saturated heterocycles. The molecule has 1 amide bonds. The zero-order valence-electron chi connectivity index (χ0n) is 14.3. The van der Waals surface area contributed by atoms with Gasteiger partial charge in [0.05, 0.1) is 0 Å². The Labute approximate surface area is 135 Å². The lowest BCUT2D eigenvalue weighted by Crippen LogP contribution is -2.47. The van der Waals surface area contributed by atoms with Gasteiger partial charge in [0, 0.05) is 18.2 Å². The van der Waals surface area contributed by atoms with Crippen LogP contribution in [0.25, 0.3) is 0 Å². The lowest BCUT2D eigenvalue weighted by Gasteiger charge is -2.35. The van der Waals surface area contributed by atoms with Gasteiger partial charge in [0.25, 0.3) is 5.91 Å². The maximum atomic E-state index is 12.5. The minimum Gasteiger partial charge on any atom is -0.350 e. The van der Waals surface area contributed by atoms with E-state index in [1.807, 2.05) is 26.0 Å². The first kappa shape index (κ1) is 17.0. The molecule has 1 aromatic rings. The molecule has 0 aromatic heterocycles. The van der Waals surface area contributed by atoms with Crippen molar-refractivity contribution in [2.45, 2.75) is 58.9 Å². The molecule has 0 radical (unpaired) electrons. The highest BCUT2D eigenvalue weighted by atomic mass is 16.1. The van der Waals surface area contributed by atoms with E-state index in [0.29, 0.717) is 6.04 Å². The van der Waals surface area contributed by atoms with Crippen molar-refractivity contribution in [2.75, 3.05) is 19.6 Å². The van der Waals surface area contributed by atoms with Gasteiger partial charge < -0.3 is 5.32 Å². The van der Waals surface area contributed by atoms with Crippen LogP contribution in [0, 0.1) is 13.8 Å². The molecule has 1 fully saturated rings. The van der Waals surface area contributed by atoms with Crippen molar-refractivity contribution < 1.29 is 4.79 Å². The van der Waals surface area contributed by atoms with E-state index in [1.54, 1.807) is 0 Å². The van der Waals surface area contributed by atoms with Crippen LogP contribution >= 0.6 is 0 Å². The molecule has 1 heterocycles. The SMILES string of the molecule is CCCCN1CCCCC1CNC(=O)c1cc(C)ccc1C. The summed E-state index contributed by atoms with van der Waals surface area (Å²) in [7, 11) is 0. The predicted octanol–water partition coefficient (Wildman–Crippen LogP) is 3.69. The highest BCUT2D eigenvalue weighted by Crippen LogP contribution is 2.17. The smallest absolute Gasteiger partial charge is 0.251 e. The molecule has 1 aliphatic heterocycles. The fraction of sp³-hybridized carbons (Fsp3) is 0.632. The van der Waals surface area contributed by atoms with Crippen molar-refractivity contribution in [3.63, 3.8) is 0 Å². The van der Waals surface area contributed by atoms with Crippen molar-refractivity contribution in [1.82, 2.24) is 10.2 Å². The summed E-state index contributed by atoms with van der Waals surface area (Å²) in [5, 5.41) is 3.16. The molecule has 3 nitrogen and oxygen atoms in total. The summed E-state index contributed by atoms with van der Waals surface area (Å²) >= 11 is 0. The summed E-state index contributed by atoms with van der Waals surface area (Å²) in [6.07, 6.45) is 6.27. The van der Waals surface area contributed by atoms with E-state index in [4.69, 9.17) is 0 Å². The average molecular weight is 302 g/mol. The number of hydrogen-bond donors (Lipinski definition) is 1.